The number of rotatable bonds is 9. The predicted octanol–water partition coefficient (Wildman–Crippen LogP) is 1.24. The fourth-order valence-corrected chi connectivity index (χ4v) is 1.87. The van der Waals surface area contributed by atoms with Crippen molar-refractivity contribution in [3.05, 3.63) is 48.0 Å². The second-order valence-corrected chi connectivity index (χ2v) is 6.15. The number of amides is 1. The van der Waals surface area contributed by atoms with Gasteiger partial charge < -0.3 is 15.5 Å². The predicted molar refractivity (Wildman–Crippen MR) is 88.8 cm³/mol. The largest absolute Gasteiger partial charge is 0.396 e. The molecule has 1 aromatic carbocycles. The van der Waals surface area contributed by atoms with Crippen LogP contribution in [0, 0.1) is 5.41 Å². The fraction of sp³-hybridized carbons (Fsp3) is 0.444. The van der Waals surface area contributed by atoms with Crippen molar-refractivity contribution < 1.29 is 19.8 Å². The van der Waals surface area contributed by atoms with E-state index in [1.54, 1.807) is 19.9 Å². The normalized spacial score (nSPS) is 13.0. The molecule has 1 amide bonds. The molecular weight excluding hydrogens is 294 g/mol. The summed E-state index contributed by atoms with van der Waals surface area (Å²) in [5, 5.41) is 21.4. The highest BCUT2D eigenvalue weighted by molar-refractivity contribution is 5.90. The van der Waals surface area contributed by atoms with Crippen molar-refractivity contribution in [3.8, 4) is 0 Å². The first-order chi connectivity index (χ1) is 10.9. The van der Waals surface area contributed by atoms with Crippen molar-refractivity contribution in [2.45, 2.75) is 32.8 Å². The molecule has 0 aliphatic carbocycles. The van der Waals surface area contributed by atoms with E-state index < -0.39 is 17.4 Å². The number of carbonyl (C=O) groups excluding carboxylic acids is 2. The second-order valence-electron chi connectivity index (χ2n) is 6.15. The van der Waals surface area contributed by atoms with Crippen LogP contribution in [0.5, 0.6) is 0 Å². The molecule has 126 valence electrons. The Kier molecular flexibility index (Phi) is 7.65. The molecule has 1 rings (SSSR count). The molecule has 1 atom stereocenters. The zero-order valence-corrected chi connectivity index (χ0v) is 13.7. The van der Waals surface area contributed by atoms with Gasteiger partial charge in [0, 0.05) is 18.4 Å². The van der Waals surface area contributed by atoms with Crippen molar-refractivity contribution in [3.63, 3.8) is 0 Å². The average Bonchev–Trinajstić information content (AvgIpc) is 2.55. The third kappa shape index (κ3) is 6.76. The van der Waals surface area contributed by atoms with Gasteiger partial charge in [0.1, 0.15) is 6.10 Å². The molecule has 0 aliphatic rings. The Balaban J connectivity index is 2.30. The minimum atomic E-state index is -1.31. The second kappa shape index (κ2) is 9.22. The van der Waals surface area contributed by atoms with E-state index in [1.807, 2.05) is 30.3 Å². The number of aliphatic hydroxyl groups is 2. The highest BCUT2D eigenvalue weighted by Crippen LogP contribution is 2.19. The van der Waals surface area contributed by atoms with Crippen molar-refractivity contribution in [2.75, 3.05) is 13.2 Å². The first-order valence-corrected chi connectivity index (χ1v) is 7.67. The average molecular weight is 319 g/mol. The Morgan fingerprint density at radius 2 is 1.91 bits per heavy atom. The van der Waals surface area contributed by atoms with E-state index in [0.717, 1.165) is 5.56 Å². The van der Waals surface area contributed by atoms with Crippen LogP contribution in [0.3, 0.4) is 0 Å². The van der Waals surface area contributed by atoms with Gasteiger partial charge in [-0.1, -0.05) is 50.3 Å². The molecule has 0 radical (unpaired) electrons. The Morgan fingerprint density at radius 1 is 1.26 bits per heavy atom. The summed E-state index contributed by atoms with van der Waals surface area (Å²) >= 11 is 0. The van der Waals surface area contributed by atoms with Crippen LogP contribution < -0.4 is 5.32 Å². The van der Waals surface area contributed by atoms with E-state index in [1.165, 1.54) is 6.08 Å². The quantitative estimate of drug-likeness (QED) is 0.598. The van der Waals surface area contributed by atoms with Gasteiger partial charge in [0.05, 0.1) is 6.61 Å². The van der Waals surface area contributed by atoms with E-state index in [0.29, 0.717) is 6.42 Å². The maximum absolute atomic E-state index is 11.7. The van der Waals surface area contributed by atoms with Crippen molar-refractivity contribution in [1.29, 1.82) is 0 Å². The third-order valence-corrected chi connectivity index (χ3v) is 3.57. The summed E-state index contributed by atoms with van der Waals surface area (Å²) in [6, 6.07) is 9.80. The van der Waals surface area contributed by atoms with Gasteiger partial charge in [0.15, 0.2) is 5.78 Å². The number of benzene rings is 1. The van der Waals surface area contributed by atoms with Gasteiger partial charge >= 0.3 is 0 Å². The number of allylic oxidation sites excluding steroid dienone is 2. The van der Waals surface area contributed by atoms with E-state index in [9.17, 15) is 14.7 Å². The maximum Gasteiger partial charge on any atom is 0.249 e. The van der Waals surface area contributed by atoms with Gasteiger partial charge in [0.2, 0.25) is 5.91 Å². The minimum absolute atomic E-state index is 0.0860. The highest BCUT2D eigenvalue weighted by atomic mass is 16.3. The smallest absolute Gasteiger partial charge is 0.249 e. The monoisotopic (exact) mass is 319 g/mol. The molecule has 0 spiro atoms. The molecule has 0 unspecified atom stereocenters. The summed E-state index contributed by atoms with van der Waals surface area (Å²) in [5.74, 6) is -0.665. The van der Waals surface area contributed by atoms with Gasteiger partial charge in [0.25, 0.3) is 0 Å². The van der Waals surface area contributed by atoms with Gasteiger partial charge in [-0.05, 0) is 18.1 Å². The van der Waals surface area contributed by atoms with Crippen LogP contribution in [0.1, 0.15) is 25.8 Å². The van der Waals surface area contributed by atoms with Crippen LogP contribution in [-0.2, 0) is 16.0 Å². The Labute approximate surface area is 137 Å². The number of hydrogen-bond donors (Lipinski definition) is 3. The van der Waals surface area contributed by atoms with Crippen LogP contribution in [0.15, 0.2) is 42.5 Å². The molecule has 0 aromatic heterocycles. The molecule has 5 nitrogen and oxygen atoms in total. The SMILES string of the molecule is CC(C)(CO)[C@@H](O)C(=O)NCCC(=O)C=CCc1ccccc1. The lowest BCUT2D eigenvalue weighted by molar-refractivity contribution is -0.137. The first kappa shape index (κ1) is 19.1. The molecular formula is C18H25NO4. The Bertz CT molecular complexity index is 537. The summed E-state index contributed by atoms with van der Waals surface area (Å²) in [6.07, 6.45) is 2.85. The van der Waals surface area contributed by atoms with Crippen molar-refractivity contribution in [2.24, 2.45) is 5.41 Å². The van der Waals surface area contributed by atoms with E-state index in [-0.39, 0.29) is 25.4 Å². The highest BCUT2D eigenvalue weighted by Gasteiger charge is 2.32. The molecule has 23 heavy (non-hydrogen) atoms. The van der Waals surface area contributed by atoms with Gasteiger partial charge in [-0.25, -0.2) is 0 Å². The number of nitrogens with one attached hydrogen (secondary N) is 1. The molecule has 5 heteroatoms. The first-order valence-electron chi connectivity index (χ1n) is 7.67. The lowest BCUT2D eigenvalue weighted by Gasteiger charge is -2.27. The topological polar surface area (TPSA) is 86.6 Å². The summed E-state index contributed by atoms with van der Waals surface area (Å²) in [7, 11) is 0. The van der Waals surface area contributed by atoms with Gasteiger partial charge in [-0.2, -0.15) is 0 Å². The maximum atomic E-state index is 11.7. The number of hydrogen-bond acceptors (Lipinski definition) is 4. The van der Waals surface area contributed by atoms with Crippen molar-refractivity contribution >= 4 is 11.7 Å². The van der Waals surface area contributed by atoms with Crippen molar-refractivity contribution in [1.82, 2.24) is 5.32 Å². The number of carbonyl (C=O) groups is 2. The van der Waals surface area contributed by atoms with E-state index in [4.69, 9.17) is 5.11 Å². The fourth-order valence-electron chi connectivity index (χ4n) is 1.87. The van der Waals surface area contributed by atoms with Crippen LogP contribution in [0.2, 0.25) is 0 Å². The zero-order chi connectivity index (χ0) is 17.3. The molecule has 3 N–H and O–H groups in total. The molecule has 0 heterocycles. The standard InChI is InChI=1S/C18H25NO4/c1-18(2,13-20)16(22)17(23)19-12-11-15(21)10-6-9-14-7-4-3-5-8-14/h3-8,10,16,20,22H,9,11-13H2,1-2H3,(H,19,23)/t16-/m0/s1. The molecule has 0 fully saturated rings. The van der Waals surface area contributed by atoms with Crippen LogP contribution >= 0.6 is 0 Å². The van der Waals surface area contributed by atoms with Crippen LogP contribution in [-0.4, -0.2) is 41.2 Å². The molecule has 0 aliphatic heterocycles. The minimum Gasteiger partial charge on any atom is -0.396 e. The third-order valence-electron chi connectivity index (χ3n) is 3.57. The van der Waals surface area contributed by atoms with E-state index >= 15 is 0 Å². The zero-order valence-electron chi connectivity index (χ0n) is 13.7. The number of aliphatic hydroxyl groups excluding tert-OH is 2. The molecule has 1 aromatic rings. The molecule has 0 saturated heterocycles. The Hall–Kier alpha value is -1.98. The lowest BCUT2D eigenvalue weighted by atomic mass is 9.87. The lowest BCUT2D eigenvalue weighted by Crippen LogP contribution is -2.45. The molecule has 0 saturated carbocycles. The van der Waals surface area contributed by atoms with Gasteiger partial charge in [-0.3, -0.25) is 9.59 Å². The summed E-state index contributed by atoms with van der Waals surface area (Å²) < 4.78 is 0. The van der Waals surface area contributed by atoms with Crippen LogP contribution in [0.25, 0.3) is 0 Å². The van der Waals surface area contributed by atoms with Crippen LogP contribution in [0.4, 0.5) is 0 Å². The molecule has 0 bridgehead atoms. The Morgan fingerprint density at radius 3 is 2.52 bits per heavy atom. The number of ketones is 1. The summed E-state index contributed by atoms with van der Waals surface area (Å²) in [5.41, 5.74) is 0.211. The summed E-state index contributed by atoms with van der Waals surface area (Å²) in [6.45, 7) is 3.04. The van der Waals surface area contributed by atoms with E-state index in [2.05, 4.69) is 5.32 Å². The summed E-state index contributed by atoms with van der Waals surface area (Å²) in [4.78, 5) is 23.4. The van der Waals surface area contributed by atoms with Gasteiger partial charge in [-0.15, -0.1) is 0 Å².